The summed E-state index contributed by atoms with van der Waals surface area (Å²) in [6.07, 6.45) is 2.64. The molecule has 0 bridgehead atoms. The molecule has 0 spiro atoms. The maximum absolute atomic E-state index is 11.1. The molecule has 0 fully saturated rings. The van der Waals surface area contributed by atoms with Gasteiger partial charge >= 0.3 is 0 Å². The lowest BCUT2D eigenvalue weighted by atomic mass is 9.83. The molecule has 0 atom stereocenters. The Kier molecular flexibility index (Phi) is 6.95. The normalized spacial score (nSPS) is 12.8. The molecule has 0 saturated heterocycles. The smallest absolute Gasteiger partial charge is 0.130 e. The maximum Gasteiger partial charge on any atom is 0.130 e. The van der Waals surface area contributed by atoms with Gasteiger partial charge in [-0.15, -0.1) is 0 Å². The summed E-state index contributed by atoms with van der Waals surface area (Å²) in [6, 6.07) is 0. The van der Waals surface area contributed by atoms with Crippen molar-refractivity contribution in [2.45, 2.75) is 53.9 Å². The molecule has 2 N–H and O–H groups in total. The predicted octanol–water partition coefficient (Wildman–Crippen LogP) is 2.77. The molecule has 0 amide bonds. The van der Waals surface area contributed by atoms with Crippen LogP contribution in [0.2, 0.25) is 0 Å². The molecule has 0 heterocycles. The number of ether oxygens (including phenoxy) is 1. The van der Waals surface area contributed by atoms with Gasteiger partial charge in [-0.1, -0.05) is 27.7 Å². The molecule has 3 nitrogen and oxygen atoms in total. The van der Waals surface area contributed by atoms with Crippen LogP contribution in [-0.2, 0) is 9.53 Å². The molecule has 102 valence electrons. The lowest BCUT2D eigenvalue weighted by Crippen LogP contribution is -2.35. The fraction of sp³-hybridized carbons (Fsp3) is 0.929. The fourth-order valence-electron chi connectivity index (χ4n) is 2.07. The molecule has 0 aromatic heterocycles. The van der Waals surface area contributed by atoms with Gasteiger partial charge < -0.3 is 15.3 Å². The van der Waals surface area contributed by atoms with Crippen LogP contribution >= 0.6 is 0 Å². The van der Waals surface area contributed by atoms with E-state index in [1.54, 1.807) is 6.92 Å². The van der Waals surface area contributed by atoms with Crippen molar-refractivity contribution in [3.63, 3.8) is 0 Å². The van der Waals surface area contributed by atoms with Crippen molar-refractivity contribution >= 4 is 5.78 Å². The van der Waals surface area contributed by atoms with Crippen LogP contribution in [0.4, 0.5) is 0 Å². The summed E-state index contributed by atoms with van der Waals surface area (Å²) >= 11 is 0. The summed E-state index contributed by atoms with van der Waals surface area (Å²) < 4.78 is 5.81. The molecule has 0 aliphatic carbocycles. The zero-order chi connectivity index (χ0) is 13.5. The highest BCUT2D eigenvalue weighted by Crippen LogP contribution is 2.27. The highest BCUT2D eigenvalue weighted by atomic mass is 16.5. The zero-order valence-corrected chi connectivity index (χ0v) is 12.1. The average Bonchev–Trinajstić information content (AvgIpc) is 2.23. The number of ketones is 1. The molecule has 0 saturated carbocycles. The zero-order valence-electron chi connectivity index (χ0n) is 12.1. The summed E-state index contributed by atoms with van der Waals surface area (Å²) in [4.78, 5) is 11.1. The van der Waals surface area contributed by atoms with E-state index in [2.05, 4.69) is 27.7 Å². The standard InChI is InChI=1S/C14H29NO2/c1-6-14(7-2,9-15)11-17-10-13(4,5)8-12(3)16/h6-11,15H2,1-5H3. The van der Waals surface area contributed by atoms with Crippen LogP contribution in [0.3, 0.4) is 0 Å². The number of Topliss-reactive ketones (excluding diaryl/α,β-unsaturated/α-hetero) is 1. The van der Waals surface area contributed by atoms with Crippen molar-refractivity contribution in [1.29, 1.82) is 0 Å². The van der Waals surface area contributed by atoms with Gasteiger partial charge in [-0.2, -0.15) is 0 Å². The van der Waals surface area contributed by atoms with Crippen molar-refractivity contribution in [2.24, 2.45) is 16.6 Å². The summed E-state index contributed by atoms with van der Waals surface area (Å²) in [7, 11) is 0. The van der Waals surface area contributed by atoms with Crippen molar-refractivity contribution in [2.75, 3.05) is 19.8 Å². The summed E-state index contributed by atoms with van der Waals surface area (Å²) in [5.74, 6) is 0.217. The van der Waals surface area contributed by atoms with Gasteiger partial charge in [0.25, 0.3) is 0 Å². The number of hydrogen-bond donors (Lipinski definition) is 1. The van der Waals surface area contributed by atoms with E-state index in [9.17, 15) is 4.79 Å². The minimum absolute atomic E-state index is 0.0757. The third-order valence-electron chi connectivity index (χ3n) is 3.56. The highest BCUT2D eigenvalue weighted by Gasteiger charge is 2.27. The van der Waals surface area contributed by atoms with Gasteiger partial charge in [-0.25, -0.2) is 0 Å². The Morgan fingerprint density at radius 2 is 1.71 bits per heavy atom. The molecule has 0 aromatic carbocycles. The topological polar surface area (TPSA) is 52.3 Å². The SMILES string of the molecule is CCC(CC)(CN)COCC(C)(C)CC(C)=O. The van der Waals surface area contributed by atoms with E-state index in [-0.39, 0.29) is 16.6 Å². The third-order valence-corrected chi connectivity index (χ3v) is 3.56. The molecule has 3 heteroatoms. The molecule has 0 aliphatic rings. The number of nitrogens with two attached hydrogens (primary N) is 1. The van der Waals surface area contributed by atoms with E-state index >= 15 is 0 Å². The quantitative estimate of drug-likeness (QED) is 0.677. The van der Waals surface area contributed by atoms with E-state index in [1.165, 1.54) is 0 Å². The van der Waals surface area contributed by atoms with E-state index in [4.69, 9.17) is 10.5 Å². The first kappa shape index (κ1) is 16.6. The average molecular weight is 243 g/mol. The van der Waals surface area contributed by atoms with Gasteiger partial charge in [-0.3, -0.25) is 0 Å². The largest absolute Gasteiger partial charge is 0.380 e. The second-order valence-electron chi connectivity index (χ2n) is 5.95. The van der Waals surface area contributed by atoms with Crippen LogP contribution in [0.5, 0.6) is 0 Å². The molecule has 0 rings (SSSR count). The Morgan fingerprint density at radius 3 is 2.06 bits per heavy atom. The Balaban J connectivity index is 4.16. The van der Waals surface area contributed by atoms with Gasteiger partial charge in [0.2, 0.25) is 0 Å². The van der Waals surface area contributed by atoms with E-state index in [1.807, 2.05) is 0 Å². The molecule has 0 aromatic rings. The van der Waals surface area contributed by atoms with Crippen LogP contribution < -0.4 is 5.73 Å². The van der Waals surface area contributed by atoms with Crippen LogP contribution in [0.25, 0.3) is 0 Å². The van der Waals surface area contributed by atoms with E-state index in [0.29, 0.717) is 26.2 Å². The maximum atomic E-state index is 11.1. The minimum atomic E-state index is -0.0757. The summed E-state index contributed by atoms with van der Waals surface area (Å²) in [6.45, 7) is 12.0. The second kappa shape index (κ2) is 7.12. The molecule has 0 aliphatic heterocycles. The predicted molar refractivity (Wildman–Crippen MR) is 72.0 cm³/mol. The Bertz CT molecular complexity index is 224. The van der Waals surface area contributed by atoms with Crippen molar-refractivity contribution < 1.29 is 9.53 Å². The van der Waals surface area contributed by atoms with Gasteiger partial charge in [0.1, 0.15) is 5.78 Å². The van der Waals surface area contributed by atoms with E-state index in [0.717, 1.165) is 12.8 Å². The molecular formula is C14H29NO2. The van der Waals surface area contributed by atoms with Gasteiger partial charge in [0, 0.05) is 18.4 Å². The monoisotopic (exact) mass is 243 g/mol. The molecule has 17 heavy (non-hydrogen) atoms. The third kappa shape index (κ3) is 6.18. The van der Waals surface area contributed by atoms with Crippen molar-refractivity contribution in [3.05, 3.63) is 0 Å². The van der Waals surface area contributed by atoms with Crippen LogP contribution in [0.1, 0.15) is 53.9 Å². The van der Waals surface area contributed by atoms with Crippen molar-refractivity contribution in [3.8, 4) is 0 Å². The first-order valence-electron chi connectivity index (χ1n) is 6.58. The minimum Gasteiger partial charge on any atom is -0.380 e. The Hall–Kier alpha value is -0.410. The van der Waals surface area contributed by atoms with Crippen molar-refractivity contribution in [1.82, 2.24) is 0 Å². The Morgan fingerprint density at radius 1 is 1.18 bits per heavy atom. The number of rotatable bonds is 9. The van der Waals surface area contributed by atoms with Gasteiger partial charge in [-0.05, 0) is 25.2 Å². The number of carbonyl (C=O) groups is 1. The first-order chi connectivity index (χ1) is 7.81. The highest BCUT2D eigenvalue weighted by molar-refractivity contribution is 5.76. The van der Waals surface area contributed by atoms with Gasteiger partial charge in [0.05, 0.1) is 13.2 Å². The van der Waals surface area contributed by atoms with Crippen LogP contribution in [-0.4, -0.2) is 25.5 Å². The number of hydrogen-bond acceptors (Lipinski definition) is 3. The van der Waals surface area contributed by atoms with Gasteiger partial charge in [0.15, 0.2) is 0 Å². The lowest BCUT2D eigenvalue weighted by Gasteiger charge is -2.32. The first-order valence-corrected chi connectivity index (χ1v) is 6.58. The molecule has 0 unspecified atom stereocenters. The molecular weight excluding hydrogens is 214 g/mol. The second-order valence-corrected chi connectivity index (χ2v) is 5.95. The van der Waals surface area contributed by atoms with Crippen LogP contribution in [0.15, 0.2) is 0 Å². The Labute approximate surface area is 106 Å². The van der Waals surface area contributed by atoms with E-state index < -0.39 is 0 Å². The lowest BCUT2D eigenvalue weighted by molar-refractivity contribution is -0.120. The summed E-state index contributed by atoms with van der Waals surface area (Å²) in [5, 5.41) is 0. The summed E-state index contributed by atoms with van der Waals surface area (Å²) in [5.41, 5.74) is 5.85. The fourth-order valence-corrected chi connectivity index (χ4v) is 2.07. The molecule has 0 radical (unpaired) electrons. The number of carbonyl (C=O) groups excluding carboxylic acids is 1. The van der Waals surface area contributed by atoms with Crippen LogP contribution in [0, 0.1) is 10.8 Å².